The summed E-state index contributed by atoms with van der Waals surface area (Å²) in [5.41, 5.74) is 3.96. The van der Waals surface area contributed by atoms with Gasteiger partial charge >= 0.3 is 0 Å². The van der Waals surface area contributed by atoms with Gasteiger partial charge in [-0.15, -0.1) is 10.2 Å². The van der Waals surface area contributed by atoms with E-state index in [4.69, 9.17) is 13.6 Å². The number of rotatable bonds is 8. The van der Waals surface area contributed by atoms with Gasteiger partial charge in [0.15, 0.2) is 18.1 Å². The number of nitrogens with zero attached hydrogens (tertiary/aromatic N) is 3. The highest BCUT2D eigenvalue weighted by molar-refractivity contribution is 7.99. The molecule has 0 aliphatic carbocycles. The van der Waals surface area contributed by atoms with Crippen LogP contribution >= 0.6 is 11.8 Å². The first-order chi connectivity index (χ1) is 13.7. The van der Waals surface area contributed by atoms with Gasteiger partial charge in [-0.1, -0.05) is 36.0 Å². The molecule has 0 bridgehead atoms. The Labute approximate surface area is 167 Å². The summed E-state index contributed by atoms with van der Waals surface area (Å²) in [5.74, 6) is 2.92. The average Bonchev–Trinajstić information content (AvgIpc) is 3.32. The molecule has 0 saturated carbocycles. The molecule has 2 aromatic heterocycles. The summed E-state index contributed by atoms with van der Waals surface area (Å²) < 4.78 is 17.2. The molecule has 0 fully saturated rings. The molecule has 6 nitrogen and oxygen atoms in total. The average molecular weight is 395 g/mol. The van der Waals surface area contributed by atoms with Crippen molar-refractivity contribution in [2.24, 2.45) is 0 Å². The molecule has 0 saturated heterocycles. The second-order valence-corrected chi connectivity index (χ2v) is 7.59. The van der Waals surface area contributed by atoms with Gasteiger partial charge in [0.05, 0.1) is 0 Å². The standard InChI is InChI=1S/C21H21N3O3S/c1-14-9-10-15(2)18(12-14)25-13-20-23-24-21(27-20)28-11-5-8-19-22-16-6-3-4-7-17(16)26-19/h3-4,6-7,9-10,12H,5,8,11,13H2,1-2H3. The van der Waals surface area contributed by atoms with Gasteiger partial charge in [0.25, 0.3) is 11.1 Å². The molecule has 0 aliphatic rings. The van der Waals surface area contributed by atoms with E-state index in [1.165, 1.54) is 11.8 Å². The number of ether oxygens (including phenoxy) is 1. The van der Waals surface area contributed by atoms with Gasteiger partial charge < -0.3 is 13.6 Å². The smallest absolute Gasteiger partial charge is 0.276 e. The first-order valence-corrected chi connectivity index (χ1v) is 10.2. The zero-order valence-corrected chi connectivity index (χ0v) is 16.7. The van der Waals surface area contributed by atoms with E-state index in [-0.39, 0.29) is 6.61 Å². The number of hydrogen-bond acceptors (Lipinski definition) is 7. The third-order valence-electron chi connectivity index (χ3n) is 4.24. The van der Waals surface area contributed by atoms with E-state index in [0.717, 1.165) is 52.5 Å². The Hall–Kier alpha value is -2.80. The number of hydrogen-bond donors (Lipinski definition) is 0. The third kappa shape index (κ3) is 4.54. The molecule has 144 valence electrons. The minimum Gasteiger partial charge on any atom is -0.484 e. The molecule has 2 aromatic carbocycles. The molecule has 0 aliphatic heterocycles. The van der Waals surface area contributed by atoms with Crippen molar-refractivity contribution in [3.05, 3.63) is 65.4 Å². The van der Waals surface area contributed by atoms with E-state index in [0.29, 0.717) is 11.1 Å². The van der Waals surface area contributed by atoms with Gasteiger partial charge in [-0.2, -0.15) is 0 Å². The fourth-order valence-electron chi connectivity index (χ4n) is 2.77. The second-order valence-electron chi connectivity index (χ2n) is 6.55. The molecule has 0 unspecified atom stereocenters. The maximum Gasteiger partial charge on any atom is 0.276 e. The number of thioether (sulfide) groups is 1. The lowest BCUT2D eigenvalue weighted by atomic mass is 10.1. The van der Waals surface area contributed by atoms with E-state index in [2.05, 4.69) is 21.2 Å². The van der Waals surface area contributed by atoms with Crippen LogP contribution in [-0.2, 0) is 13.0 Å². The van der Waals surface area contributed by atoms with Crippen LogP contribution in [0.2, 0.25) is 0 Å². The largest absolute Gasteiger partial charge is 0.484 e. The fraction of sp³-hybridized carbons (Fsp3) is 0.286. The Bertz CT molecular complexity index is 1040. The highest BCUT2D eigenvalue weighted by Gasteiger charge is 2.10. The van der Waals surface area contributed by atoms with Gasteiger partial charge in [0, 0.05) is 12.2 Å². The maximum atomic E-state index is 5.80. The van der Waals surface area contributed by atoms with Crippen LogP contribution in [0, 0.1) is 13.8 Å². The van der Waals surface area contributed by atoms with Crippen molar-refractivity contribution >= 4 is 22.9 Å². The quantitative estimate of drug-likeness (QED) is 0.302. The highest BCUT2D eigenvalue weighted by atomic mass is 32.2. The van der Waals surface area contributed by atoms with Gasteiger partial charge in [-0.3, -0.25) is 0 Å². The van der Waals surface area contributed by atoms with Crippen LogP contribution in [0.4, 0.5) is 0 Å². The number of aryl methyl sites for hydroxylation is 3. The second kappa shape index (κ2) is 8.48. The maximum absolute atomic E-state index is 5.80. The van der Waals surface area contributed by atoms with Crippen LogP contribution in [0.5, 0.6) is 5.75 Å². The summed E-state index contributed by atoms with van der Waals surface area (Å²) in [4.78, 5) is 4.48. The predicted molar refractivity (Wildman–Crippen MR) is 108 cm³/mol. The summed E-state index contributed by atoms with van der Waals surface area (Å²) >= 11 is 1.53. The van der Waals surface area contributed by atoms with Crippen molar-refractivity contribution in [1.29, 1.82) is 0 Å². The summed E-state index contributed by atoms with van der Waals surface area (Å²) in [7, 11) is 0. The number of fused-ring (bicyclic) bond motifs is 1. The number of benzene rings is 2. The minimum atomic E-state index is 0.265. The first kappa shape index (κ1) is 18.6. The Balaban J connectivity index is 1.24. The third-order valence-corrected chi connectivity index (χ3v) is 5.15. The van der Waals surface area contributed by atoms with Gasteiger partial charge in [0.1, 0.15) is 11.3 Å². The van der Waals surface area contributed by atoms with Gasteiger partial charge in [-0.05, 0) is 49.6 Å². The van der Waals surface area contributed by atoms with Crippen LogP contribution in [0.1, 0.15) is 29.3 Å². The minimum absolute atomic E-state index is 0.265. The van der Waals surface area contributed by atoms with E-state index < -0.39 is 0 Å². The molecule has 7 heteroatoms. The number of para-hydroxylation sites is 2. The lowest BCUT2D eigenvalue weighted by Gasteiger charge is -2.07. The molecule has 4 rings (SSSR count). The van der Waals surface area contributed by atoms with Crippen molar-refractivity contribution < 1.29 is 13.6 Å². The van der Waals surface area contributed by atoms with Crippen molar-refractivity contribution in [2.45, 2.75) is 38.5 Å². The zero-order chi connectivity index (χ0) is 19.3. The first-order valence-electron chi connectivity index (χ1n) is 9.17. The van der Waals surface area contributed by atoms with E-state index in [1.807, 2.05) is 50.2 Å². The van der Waals surface area contributed by atoms with Crippen LogP contribution in [-0.4, -0.2) is 20.9 Å². The normalized spacial score (nSPS) is 11.2. The van der Waals surface area contributed by atoms with E-state index in [1.54, 1.807) is 0 Å². The summed E-state index contributed by atoms with van der Waals surface area (Å²) in [6.07, 6.45) is 1.69. The van der Waals surface area contributed by atoms with Crippen molar-refractivity contribution in [1.82, 2.24) is 15.2 Å². The molecule has 28 heavy (non-hydrogen) atoms. The molecule has 2 heterocycles. The van der Waals surface area contributed by atoms with E-state index in [9.17, 15) is 0 Å². The van der Waals surface area contributed by atoms with Gasteiger partial charge in [-0.25, -0.2) is 4.98 Å². The Morgan fingerprint density at radius 1 is 1.00 bits per heavy atom. The van der Waals surface area contributed by atoms with Crippen LogP contribution in [0.3, 0.4) is 0 Å². The predicted octanol–water partition coefficient (Wildman–Crippen LogP) is 5.13. The lowest BCUT2D eigenvalue weighted by Crippen LogP contribution is -1.97. The van der Waals surface area contributed by atoms with Crippen molar-refractivity contribution in [2.75, 3.05) is 5.75 Å². The molecule has 0 N–H and O–H groups in total. The Morgan fingerprint density at radius 2 is 1.89 bits per heavy atom. The van der Waals surface area contributed by atoms with Gasteiger partial charge in [0.2, 0.25) is 0 Å². The van der Waals surface area contributed by atoms with E-state index >= 15 is 0 Å². The van der Waals surface area contributed by atoms with Crippen molar-refractivity contribution in [3.63, 3.8) is 0 Å². The molecule has 0 radical (unpaired) electrons. The summed E-state index contributed by atoms with van der Waals surface area (Å²) in [6, 6.07) is 13.9. The fourth-order valence-corrected chi connectivity index (χ4v) is 3.48. The Morgan fingerprint density at radius 3 is 2.79 bits per heavy atom. The summed E-state index contributed by atoms with van der Waals surface area (Å²) in [5, 5.41) is 8.68. The van der Waals surface area contributed by atoms with Crippen LogP contribution in [0.15, 0.2) is 56.5 Å². The van der Waals surface area contributed by atoms with Crippen LogP contribution in [0.25, 0.3) is 11.1 Å². The molecule has 0 atom stereocenters. The molecule has 0 spiro atoms. The molecule has 0 amide bonds. The van der Waals surface area contributed by atoms with Crippen LogP contribution < -0.4 is 4.74 Å². The molecular formula is C21H21N3O3S. The highest BCUT2D eigenvalue weighted by Crippen LogP contribution is 2.22. The zero-order valence-electron chi connectivity index (χ0n) is 15.8. The lowest BCUT2D eigenvalue weighted by molar-refractivity contribution is 0.250. The number of aromatic nitrogens is 3. The van der Waals surface area contributed by atoms with Crippen molar-refractivity contribution in [3.8, 4) is 5.75 Å². The summed E-state index contributed by atoms with van der Waals surface area (Å²) in [6.45, 7) is 4.32. The SMILES string of the molecule is Cc1ccc(C)c(OCc2nnc(SCCCc3nc4ccccc4o3)o2)c1. The molecule has 4 aromatic rings. The monoisotopic (exact) mass is 395 g/mol. The molecular weight excluding hydrogens is 374 g/mol. The number of oxazole rings is 1. The Kier molecular flexibility index (Phi) is 5.62. The topological polar surface area (TPSA) is 74.2 Å².